The van der Waals surface area contributed by atoms with Crippen LogP contribution in [0.2, 0.25) is 0 Å². The molecule has 2 bridgehead atoms. The summed E-state index contributed by atoms with van der Waals surface area (Å²) in [5, 5.41) is 0. The van der Waals surface area contributed by atoms with Crippen LogP contribution >= 0.6 is 0 Å². The smallest absolute Gasteiger partial charge is 0.108 e. The number of furan rings is 1. The second kappa shape index (κ2) is 2.54. The molecule has 0 saturated carbocycles. The molecule has 1 aromatic carbocycles. The Morgan fingerprint density at radius 2 is 1.87 bits per heavy atom. The number of rotatable bonds is 0. The first-order valence-electron chi connectivity index (χ1n) is 5.58. The van der Waals surface area contributed by atoms with Gasteiger partial charge in [0.25, 0.3) is 0 Å². The van der Waals surface area contributed by atoms with Crippen LogP contribution in [-0.4, -0.2) is 0 Å². The third-order valence-corrected chi connectivity index (χ3v) is 3.92. The van der Waals surface area contributed by atoms with Crippen LogP contribution in [0.25, 0.3) is 0 Å². The maximum atomic E-state index is 5.57. The SMILES string of the molecule is c1ccc2c(c1)[C@H]1Cc3occc3[C@@H]2C1. The maximum Gasteiger partial charge on any atom is 0.108 e. The van der Waals surface area contributed by atoms with Crippen molar-refractivity contribution in [3.8, 4) is 0 Å². The van der Waals surface area contributed by atoms with Crippen molar-refractivity contribution in [1.82, 2.24) is 0 Å². The molecule has 2 atom stereocenters. The highest BCUT2D eigenvalue weighted by Crippen LogP contribution is 2.51. The van der Waals surface area contributed by atoms with E-state index < -0.39 is 0 Å². The summed E-state index contributed by atoms with van der Waals surface area (Å²) in [5.74, 6) is 2.52. The molecule has 1 heteroatoms. The van der Waals surface area contributed by atoms with Gasteiger partial charge in [-0.1, -0.05) is 24.3 Å². The molecular weight excluding hydrogens is 184 g/mol. The number of hydrogen-bond donors (Lipinski definition) is 0. The van der Waals surface area contributed by atoms with E-state index in [-0.39, 0.29) is 0 Å². The van der Waals surface area contributed by atoms with Gasteiger partial charge in [0.15, 0.2) is 0 Å². The molecule has 2 aromatic rings. The summed E-state index contributed by atoms with van der Waals surface area (Å²) in [6, 6.07) is 11.0. The van der Waals surface area contributed by atoms with Gasteiger partial charge in [-0.05, 0) is 29.5 Å². The molecule has 0 N–H and O–H groups in total. The van der Waals surface area contributed by atoms with Crippen LogP contribution in [0.5, 0.6) is 0 Å². The largest absolute Gasteiger partial charge is 0.469 e. The monoisotopic (exact) mass is 196 g/mol. The van der Waals surface area contributed by atoms with Gasteiger partial charge in [0.2, 0.25) is 0 Å². The Hall–Kier alpha value is -1.50. The number of benzene rings is 1. The Labute approximate surface area is 88.7 Å². The van der Waals surface area contributed by atoms with Crippen LogP contribution in [0.1, 0.15) is 40.7 Å². The van der Waals surface area contributed by atoms with Gasteiger partial charge in [-0.3, -0.25) is 0 Å². The van der Waals surface area contributed by atoms with Gasteiger partial charge in [-0.25, -0.2) is 0 Å². The molecule has 0 saturated heterocycles. The van der Waals surface area contributed by atoms with E-state index in [1.165, 1.54) is 23.3 Å². The highest BCUT2D eigenvalue weighted by atomic mass is 16.3. The predicted octanol–water partition coefficient (Wildman–Crippen LogP) is 3.45. The molecule has 74 valence electrons. The van der Waals surface area contributed by atoms with Gasteiger partial charge < -0.3 is 4.42 Å². The van der Waals surface area contributed by atoms with Gasteiger partial charge in [-0.2, -0.15) is 0 Å². The summed E-state index contributed by atoms with van der Waals surface area (Å²) >= 11 is 0. The summed E-state index contributed by atoms with van der Waals surface area (Å²) in [6.45, 7) is 0. The molecule has 0 radical (unpaired) electrons. The zero-order chi connectivity index (χ0) is 9.83. The molecule has 15 heavy (non-hydrogen) atoms. The van der Waals surface area contributed by atoms with E-state index >= 15 is 0 Å². The summed E-state index contributed by atoms with van der Waals surface area (Å²) in [7, 11) is 0. The van der Waals surface area contributed by atoms with Gasteiger partial charge in [0, 0.05) is 17.9 Å². The zero-order valence-corrected chi connectivity index (χ0v) is 8.44. The molecule has 0 amide bonds. The Morgan fingerprint density at radius 3 is 2.80 bits per heavy atom. The van der Waals surface area contributed by atoms with Crippen LogP contribution in [0.15, 0.2) is 41.0 Å². The molecule has 1 aromatic heterocycles. The molecule has 2 aliphatic carbocycles. The fourth-order valence-electron chi connectivity index (χ4n) is 3.28. The summed E-state index contributed by atoms with van der Waals surface area (Å²) in [4.78, 5) is 0. The summed E-state index contributed by atoms with van der Waals surface area (Å²) < 4.78 is 5.57. The molecule has 2 aliphatic rings. The first-order chi connectivity index (χ1) is 7.43. The lowest BCUT2D eigenvalue weighted by atomic mass is 9.85. The first-order valence-corrected chi connectivity index (χ1v) is 5.58. The Balaban J connectivity index is 1.99. The maximum absolute atomic E-state index is 5.57. The minimum Gasteiger partial charge on any atom is -0.469 e. The highest BCUT2D eigenvalue weighted by Gasteiger charge is 2.38. The standard InChI is InChI=1S/C14H12O/c1-2-4-11-10(3-1)9-7-13(11)12-5-6-15-14(12)8-9/h1-6,9,13H,7-8H2/t9-,13-/m1/s1. The van der Waals surface area contributed by atoms with Crippen LogP contribution < -0.4 is 0 Å². The summed E-state index contributed by atoms with van der Waals surface area (Å²) in [5.41, 5.74) is 4.51. The molecule has 0 aliphatic heterocycles. The Bertz CT molecular complexity index is 524. The van der Waals surface area contributed by atoms with E-state index in [9.17, 15) is 0 Å². The van der Waals surface area contributed by atoms with Crippen LogP contribution in [0.3, 0.4) is 0 Å². The fourth-order valence-corrected chi connectivity index (χ4v) is 3.28. The van der Waals surface area contributed by atoms with Crippen molar-refractivity contribution in [2.24, 2.45) is 0 Å². The van der Waals surface area contributed by atoms with Crippen LogP contribution in [0, 0.1) is 0 Å². The average molecular weight is 196 g/mol. The molecule has 1 nitrogen and oxygen atoms in total. The van der Waals surface area contributed by atoms with E-state index in [0.29, 0.717) is 11.8 Å². The second-order valence-electron chi connectivity index (χ2n) is 4.62. The molecular formula is C14H12O. The van der Waals surface area contributed by atoms with E-state index in [1.54, 1.807) is 5.56 Å². The van der Waals surface area contributed by atoms with Gasteiger partial charge in [0.05, 0.1) is 6.26 Å². The van der Waals surface area contributed by atoms with Crippen molar-refractivity contribution in [1.29, 1.82) is 0 Å². The molecule has 0 spiro atoms. The van der Waals surface area contributed by atoms with Crippen molar-refractivity contribution in [3.63, 3.8) is 0 Å². The van der Waals surface area contributed by atoms with E-state index in [4.69, 9.17) is 4.42 Å². The van der Waals surface area contributed by atoms with Gasteiger partial charge in [0.1, 0.15) is 5.76 Å². The van der Waals surface area contributed by atoms with Crippen LogP contribution in [-0.2, 0) is 6.42 Å². The second-order valence-corrected chi connectivity index (χ2v) is 4.62. The third-order valence-electron chi connectivity index (χ3n) is 3.92. The molecule has 0 unspecified atom stereocenters. The minimum atomic E-state index is 0.605. The van der Waals surface area contributed by atoms with Gasteiger partial charge in [-0.15, -0.1) is 0 Å². The van der Waals surface area contributed by atoms with Crippen molar-refractivity contribution in [3.05, 3.63) is 59.0 Å². The third kappa shape index (κ3) is 0.883. The lowest BCUT2D eigenvalue weighted by Gasteiger charge is -2.18. The topological polar surface area (TPSA) is 13.1 Å². The van der Waals surface area contributed by atoms with E-state index in [1.807, 2.05) is 6.26 Å². The van der Waals surface area contributed by atoms with Crippen molar-refractivity contribution in [2.75, 3.05) is 0 Å². The Morgan fingerprint density at radius 1 is 1.00 bits per heavy atom. The minimum absolute atomic E-state index is 0.605. The van der Waals surface area contributed by atoms with E-state index in [0.717, 1.165) is 6.42 Å². The van der Waals surface area contributed by atoms with Crippen molar-refractivity contribution in [2.45, 2.75) is 24.7 Å². The normalized spacial score (nSPS) is 26.1. The number of hydrogen-bond acceptors (Lipinski definition) is 1. The fraction of sp³-hybridized carbons (Fsp3) is 0.286. The number of fused-ring (bicyclic) bond motifs is 7. The Kier molecular flexibility index (Phi) is 1.31. The van der Waals surface area contributed by atoms with Crippen molar-refractivity contribution >= 4 is 0 Å². The highest BCUT2D eigenvalue weighted by molar-refractivity contribution is 5.49. The zero-order valence-electron chi connectivity index (χ0n) is 8.44. The molecule has 4 rings (SSSR count). The average Bonchev–Trinajstić information content (AvgIpc) is 2.85. The lowest BCUT2D eigenvalue weighted by molar-refractivity contribution is 0.454. The van der Waals surface area contributed by atoms with Gasteiger partial charge >= 0.3 is 0 Å². The first kappa shape index (κ1) is 7.75. The quantitative estimate of drug-likeness (QED) is 0.629. The lowest BCUT2D eigenvalue weighted by Crippen LogP contribution is -2.07. The van der Waals surface area contributed by atoms with E-state index in [2.05, 4.69) is 30.3 Å². The van der Waals surface area contributed by atoms with Crippen LogP contribution in [0.4, 0.5) is 0 Å². The summed E-state index contributed by atoms with van der Waals surface area (Å²) in [6.07, 6.45) is 4.22. The van der Waals surface area contributed by atoms with Crippen molar-refractivity contribution < 1.29 is 4.42 Å². The molecule has 0 fully saturated rings. The molecule has 1 heterocycles. The predicted molar refractivity (Wildman–Crippen MR) is 58.1 cm³/mol.